The summed E-state index contributed by atoms with van der Waals surface area (Å²) < 4.78 is 13.5. The minimum atomic E-state index is -0.783. The van der Waals surface area contributed by atoms with Crippen molar-refractivity contribution in [2.45, 2.75) is 39.0 Å². The Morgan fingerprint density at radius 3 is 2.55 bits per heavy atom. The number of nitrogens with two attached hydrogens (primary N) is 1. The van der Waals surface area contributed by atoms with Crippen LogP contribution in [0.3, 0.4) is 0 Å². The molecule has 108 valence electrons. The van der Waals surface area contributed by atoms with Gasteiger partial charge in [-0.15, -0.1) is 0 Å². The number of hydrogen-bond acceptors (Lipinski definition) is 2. The van der Waals surface area contributed by atoms with Gasteiger partial charge < -0.3 is 11.1 Å². The molecule has 1 aliphatic carbocycles. The van der Waals surface area contributed by atoms with Crippen molar-refractivity contribution in [2.24, 2.45) is 11.1 Å². The molecule has 1 fully saturated rings. The molecule has 3 N–H and O–H groups in total. The molecule has 1 aromatic carbocycles. The summed E-state index contributed by atoms with van der Waals surface area (Å²) in [5.41, 5.74) is 6.01. The summed E-state index contributed by atoms with van der Waals surface area (Å²) in [4.78, 5) is 12.8. The van der Waals surface area contributed by atoms with Crippen molar-refractivity contribution in [3.63, 3.8) is 0 Å². The summed E-state index contributed by atoms with van der Waals surface area (Å²) >= 11 is 5.11. The Morgan fingerprint density at radius 1 is 1.35 bits per heavy atom. The normalized spacial score (nSPS) is 17.5. The maximum atomic E-state index is 13.5. The highest BCUT2D eigenvalue weighted by molar-refractivity contribution is 7.80. The molecule has 1 aromatic rings. The monoisotopic (exact) mass is 294 g/mol. The summed E-state index contributed by atoms with van der Waals surface area (Å²) in [6.07, 6.45) is 4.31. The third kappa shape index (κ3) is 2.82. The van der Waals surface area contributed by atoms with Gasteiger partial charge >= 0.3 is 0 Å². The molecule has 20 heavy (non-hydrogen) atoms. The molecular weight excluding hydrogens is 275 g/mol. The Morgan fingerprint density at radius 2 is 2.00 bits per heavy atom. The molecule has 0 radical (unpaired) electrons. The first-order chi connectivity index (χ1) is 9.45. The summed E-state index contributed by atoms with van der Waals surface area (Å²) in [6, 6.07) is 4.65. The van der Waals surface area contributed by atoms with Gasteiger partial charge in [0.05, 0.1) is 10.4 Å². The summed E-state index contributed by atoms with van der Waals surface area (Å²) in [5, 5.41) is 2.76. The molecule has 5 heteroatoms. The first kappa shape index (κ1) is 14.9. The second kappa shape index (κ2) is 5.87. The van der Waals surface area contributed by atoms with Crippen molar-refractivity contribution in [2.75, 3.05) is 5.32 Å². The van der Waals surface area contributed by atoms with E-state index in [4.69, 9.17) is 18.0 Å². The predicted octanol–water partition coefficient (Wildman–Crippen LogP) is 3.31. The van der Waals surface area contributed by atoms with Crippen molar-refractivity contribution in [3.8, 4) is 0 Å². The van der Waals surface area contributed by atoms with E-state index in [0.29, 0.717) is 24.1 Å². The number of aryl methyl sites for hydroxylation is 1. The van der Waals surface area contributed by atoms with Gasteiger partial charge in [0.15, 0.2) is 0 Å². The number of rotatable bonds is 3. The fraction of sp³-hybridized carbons (Fsp3) is 0.467. The highest BCUT2D eigenvalue weighted by atomic mass is 32.1. The van der Waals surface area contributed by atoms with Crippen LogP contribution in [0.1, 0.15) is 37.7 Å². The van der Waals surface area contributed by atoms with Crippen LogP contribution in [-0.4, -0.2) is 10.9 Å². The summed E-state index contributed by atoms with van der Waals surface area (Å²) in [7, 11) is 0. The number of carbonyl (C=O) groups excluding carboxylic acids is 1. The fourth-order valence-electron chi connectivity index (χ4n) is 2.66. The smallest absolute Gasteiger partial charge is 0.237 e. The van der Waals surface area contributed by atoms with Gasteiger partial charge in [0, 0.05) is 5.69 Å². The van der Waals surface area contributed by atoms with E-state index in [-0.39, 0.29) is 16.7 Å². The van der Waals surface area contributed by atoms with E-state index in [0.717, 1.165) is 19.3 Å². The van der Waals surface area contributed by atoms with Gasteiger partial charge in [0.2, 0.25) is 5.91 Å². The van der Waals surface area contributed by atoms with Crippen LogP contribution in [0.15, 0.2) is 18.2 Å². The molecule has 0 aromatic heterocycles. The van der Waals surface area contributed by atoms with Crippen LogP contribution in [0.4, 0.5) is 10.1 Å². The van der Waals surface area contributed by atoms with Crippen molar-refractivity contribution in [3.05, 3.63) is 29.6 Å². The van der Waals surface area contributed by atoms with Crippen molar-refractivity contribution >= 4 is 28.8 Å². The average Bonchev–Trinajstić information content (AvgIpc) is 2.43. The Bertz CT molecular complexity index is 539. The predicted molar refractivity (Wildman–Crippen MR) is 82.1 cm³/mol. The van der Waals surface area contributed by atoms with Crippen molar-refractivity contribution in [1.29, 1.82) is 0 Å². The summed E-state index contributed by atoms with van der Waals surface area (Å²) in [6.45, 7) is 1.68. The number of hydrogen-bond donors (Lipinski definition) is 2. The Kier molecular flexibility index (Phi) is 4.38. The minimum absolute atomic E-state index is 0.215. The molecule has 1 aliphatic rings. The average molecular weight is 294 g/mol. The quantitative estimate of drug-likeness (QED) is 0.841. The second-order valence-electron chi connectivity index (χ2n) is 5.43. The van der Waals surface area contributed by atoms with Crippen LogP contribution >= 0.6 is 12.2 Å². The number of thiocarbonyl (C=S) groups is 1. The van der Waals surface area contributed by atoms with E-state index in [9.17, 15) is 9.18 Å². The van der Waals surface area contributed by atoms with Gasteiger partial charge in [0.25, 0.3) is 0 Å². The topological polar surface area (TPSA) is 55.1 Å². The maximum absolute atomic E-state index is 13.5. The zero-order chi connectivity index (χ0) is 14.8. The summed E-state index contributed by atoms with van der Waals surface area (Å²) in [5.74, 6) is -0.552. The van der Waals surface area contributed by atoms with Crippen molar-refractivity contribution in [1.82, 2.24) is 0 Å². The van der Waals surface area contributed by atoms with E-state index in [1.54, 1.807) is 19.1 Å². The Labute approximate surface area is 123 Å². The van der Waals surface area contributed by atoms with Crippen LogP contribution in [0.25, 0.3) is 0 Å². The molecule has 0 bridgehead atoms. The molecule has 1 amide bonds. The van der Waals surface area contributed by atoms with E-state index in [1.165, 1.54) is 6.07 Å². The van der Waals surface area contributed by atoms with Gasteiger partial charge in [-0.05, 0) is 37.5 Å². The number of amides is 1. The Balaban J connectivity index is 2.20. The third-order valence-corrected chi connectivity index (χ3v) is 4.43. The van der Waals surface area contributed by atoms with E-state index in [2.05, 4.69) is 5.32 Å². The minimum Gasteiger partial charge on any atom is -0.392 e. The molecule has 0 saturated heterocycles. The number of benzene rings is 1. The highest BCUT2D eigenvalue weighted by Gasteiger charge is 2.42. The maximum Gasteiger partial charge on any atom is 0.237 e. The van der Waals surface area contributed by atoms with Crippen LogP contribution in [0.5, 0.6) is 0 Å². The largest absolute Gasteiger partial charge is 0.392 e. The number of halogens is 1. The van der Waals surface area contributed by atoms with Gasteiger partial charge in [-0.3, -0.25) is 4.79 Å². The molecule has 0 unspecified atom stereocenters. The molecule has 0 atom stereocenters. The lowest BCUT2D eigenvalue weighted by atomic mass is 9.73. The van der Waals surface area contributed by atoms with Gasteiger partial charge in [-0.2, -0.15) is 0 Å². The number of carbonyl (C=O) groups is 1. The van der Waals surface area contributed by atoms with Crippen LogP contribution in [0.2, 0.25) is 0 Å². The third-order valence-electron chi connectivity index (χ3n) is 4.04. The molecule has 2 rings (SSSR count). The molecule has 0 spiro atoms. The van der Waals surface area contributed by atoms with Crippen LogP contribution < -0.4 is 11.1 Å². The number of nitrogens with one attached hydrogen (secondary N) is 1. The molecule has 0 aliphatic heterocycles. The lowest BCUT2D eigenvalue weighted by Crippen LogP contribution is -2.47. The van der Waals surface area contributed by atoms with Gasteiger partial charge in [-0.1, -0.05) is 37.5 Å². The molecule has 1 saturated carbocycles. The lowest BCUT2D eigenvalue weighted by molar-refractivity contribution is -0.123. The highest BCUT2D eigenvalue weighted by Crippen LogP contribution is 2.37. The first-order valence-electron chi connectivity index (χ1n) is 6.83. The van der Waals surface area contributed by atoms with Crippen molar-refractivity contribution < 1.29 is 9.18 Å². The number of anilines is 1. The fourth-order valence-corrected chi connectivity index (χ4v) is 2.96. The van der Waals surface area contributed by atoms with Crippen LogP contribution in [-0.2, 0) is 4.79 Å². The molecule has 3 nitrogen and oxygen atoms in total. The lowest BCUT2D eigenvalue weighted by Gasteiger charge is -2.34. The van der Waals surface area contributed by atoms with Crippen LogP contribution in [0, 0.1) is 18.2 Å². The molecule has 0 heterocycles. The zero-order valence-corrected chi connectivity index (χ0v) is 12.4. The Hall–Kier alpha value is -1.49. The standard InChI is InChI=1S/C15H19FN2OS/c1-10-5-6-11(9-12(10)16)18-14(19)15(13(17)20)7-3-2-4-8-15/h5-6,9H,2-4,7-8H2,1H3,(H2,17,20)(H,18,19). The van der Waals surface area contributed by atoms with E-state index < -0.39 is 5.41 Å². The zero-order valence-electron chi connectivity index (χ0n) is 11.5. The van der Waals surface area contributed by atoms with Gasteiger partial charge in [-0.25, -0.2) is 4.39 Å². The first-order valence-corrected chi connectivity index (χ1v) is 7.24. The van der Waals surface area contributed by atoms with E-state index >= 15 is 0 Å². The molecular formula is C15H19FN2OS. The second-order valence-corrected chi connectivity index (χ2v) is 5.86. The van der Waals surface area contributed by atoms with Gasteiger partial charge in [0.1, 0.15) is 5.82 Å². The van der Waals surface area contributed by atoms with E-state index in [1.807, 2.05) is 0 Å². The SMILES string of the molecule is Cc1ccc(NC(=O)C2(C(N)=S)CCCCC2)cc1F.